The van der Waals surface area contributed by atoms with Crippen molar-refractivity contribution in [2.24, 2.45) is 10.2 Å². The Kier molecular flexibility index (Phi) is 6.84. The Balaban J connectivity index is 1.56. The highest BCUT2D eigenvalue weighted by molar-refractivity contribution is 5.96. The van der Waals surface area contributed by atoms with Gasteiger partial charge in [0.25, 0.3) is 11.8 Å². The number of aryl methyl sites for hydroxylation is 2. The van der Waals surface area contributed by atoms with Crippen molar-refractivity contribution >= 4 is 24.2 Å². The summed E-state index contributed by atoms with van der Waals surface area (Å²) in [5.41, 5.74) is 9.85. The van der Waals surface area contributed by atoms with Crippen LogP contribution in [0.1, 0.15) is 43.0 Å². The molecule has 0 radical (unpaired) electrons. The number of carbonyl (C=O) groups excluding carboxylic acids is 2. The van der Waals surface area contributed by atoms with Crippen LogP contribution in [0, 0.1) is 13.8 Å². The summed E-state index contributed by atoms with van der Waals surface area (Å²) in [5.74, 6) is -0.550. The monoisotopic (exact) mass is 398 g/mol. The van der Waals surface area contributed by atoms with Crippen molar-refractivity contribution in [1.29, 1.82) is 0 Å². The summed E-state index contributed by atoms with van der Waals surface area (Å²) in [4.78, 5) is 24.1. The fraction of sp³-hybridized carbons (Fsp3) is 0.0833. The summed E-state index contributed by atoms with van der Waals surface area (Å²) in [6, 6.07) is 21.9. The molecule has 0 saturated heterocycles. The topological polar surface area (TPSA) is 82.9 Å². The first-order valence-corrected chi connectivity index (χ1v) is 9.41. The minimum Gasteiger partial charge on any atom is -0.267 e. The molecular weight excluding hydrogens is 376 g/mol. The molecule has 6 nitrogen and oxygen atoms in total. The maximum atomic E-state index is 12.1. The zero-order valence-corrected chi connectivity index (χ0v) is 16.8. The van der Waals surface area contributed by atoms with E-state index in [1.807, 2.05) is 62.4 Å². The van der Waals surface area contributed by atoms with Crippen LogP contribution in [0.3, 0.4) is 0 Å². The number of rotatable bonds is 6. The summed E-state index contributed by atoms with van der Waals surface area (Å²) in [7, 11) is 0. The number of nitrogens with one attached hydrogen (secondary N) is 2. The predicted molar refractivity (Wildman–Crippen MR) is 119 cm³/mol. The normalized spacial score (nSPS) is 11.0. The number of carbonyl (C=O) groups is 2. The molecule has 0 fully saturated rings. The van der Waals surface area contributed by atoms with E-state index in [1.54, 1.807) is 36.7 Å². The number of nitrogens with zero attached hydrogens (tertiary/aromatic N) is 2. The van der Waals surface area contributed by atoms with Crippen LogP contribution in [-0.4, -0.2) is 24.2 Å². The van der Waals surface area contributed by atoms with Gasteiger partial charge in [-0.3, -0.25) is 9.59 Å². The van der Waals surface area contributed by atoms with Crippen LogP contribution >= 0.6 is 0 Å². The van der Waals surface area contributed by atoms with Gasteiger partial charge in [0.1, 0.15) is 0 Å². The lowest BCUT2D eigenvalue weighted by molar-refractivity contribution is 0.0947. The van der Waals surface area contributed by atoms with Crippen molar-refractivity contribution in [2.45, 2.75) is 13.8 Å². The van der Waals surface area contributed by atoms with Crippen molar-refractivity contribution in [3.63, 3.8) is 0 Å². The quantitative estimate of drug-likeness (QED) is 0.489. The van der Waals surface area contributed by atoms with E-state index in [2.05, 4.69) is 21.1 Å². The van der Waals surface area contributed by atoms with E-state index in [0.29, 0.717) is 11.1 Å². The van der Waals surface area contributed by atoms with Crippen molar-refractivity contribution in [3.8, 4) is 0 Å². The highest BCUT2D eigenvalue weighted by Crippen LogP contribution is 2.04. The highest BCUT2D eigenvalue weighted by Gasteiger charge is 2.03. The molecule has 150 valence electrons. The molecular formula is C24H22N4O2. The fourth-order valence-corrected chi connectivity index (χ4v) is 2.59. The Morgan fingerprint density at radius 2 is 1.07 bits per heavy atom. The van der Waals surface area contributed by atoms with Crippen molar-refractivity contribution in [1.82, 2.24) is 10.9 Å². The molecule has 0 aliphatic heterocycles. The van der Waals surface area contributed by atoms with Crippen molar-refractivity contribution in [3.05, 3.63) is 106 Å². The smallest absolute Gasteiger partial charge is 0.267 e. The summed E-state index contributed by atoms with van der Waals surface area (Å²) < 4.78 is 0. The molecule has 0 spiro atoms. The summed E-state index contributed by atoms with van der Waals surface area (Å²) in [6.07, 6.45) is 3.10. The standard InChI is InChI=1S/C24H22N4O2/c1-17-6-10-21(11-7-17)23(29)27-25-15-19-4-3-5-20(14-19)16-26-28-24(30)22-12-8-18(2)9-13-22/h3-16H,1-2H3,(H,27,29)(H,28,30)/b25-15+,26-16+. The lowest BCUT2D eigenvalue weighted by atomic mass is 10.1. The Morgan fingerprint density at radius 1 is 0.667 bits per heavy atom. The summed E-state index contributed by atoms with van der Waals surface area (Å²) >= 11 is 0. The number of hydrogen-bond acceptors (Lipinski definition) is 4. The Bertz CT molecular complexity index is 1000. The van der Waals surface area contributed by atoms with Gasteiger partial charge in [-0.05, 0) is 55.3 Å². The van der Waals surface area contributed by atoms with E-state index in [0.717, 1.165) is 22.3 Å². The van der Waals surface area contributed by atoms with E-state index in [1.165, 1.54) is 0 Å². The molecule has 0 heterocycles. The van der Waals surface area contributed by atoms with E-state index in [9.17, 15) is 9.59 Å². The first-order chi connectivity index (χ1) is 14.5. The molecule has 2 amide bonds. The van der Waals surface area contributed by atoms with E-state index < -0.39 is 0 Å². The van der Waals surface area contributed by atoms with Gasteiger partial charge in [0.15, 0.2) is 0 Å². The molecule has 30 heavy (non-hydrogen) atoms. The zero-order chi connectivity index (χ0) is 21.3. The van der Waals surface area contributed by atoms with Crippen LogP contribution in [-0.2, 0) is 0 Å². The highest BCUT2D eigenvalue weighted by atomic mass is 16.2. The lowest BCUT2D eigenvalue weighted by Gasteiger charge is -2.01. The second-order valence-electron chi connectivity index (χ2n) is 6.80. The second kappa shape index (κ2) is 9.93. The fourth-order valence-electron chi connectivity index (χ4n) is 2.59. The molecule has 0 aliphatic rings. The molecule has 3 rings (SSSR count). The van der Waals surface area contributed by atoms with E-state index in [4.69, 9.17) is 0 Å². The van der Waals surface area contributed by atoms with Crippen LogP contribution in [0.5, 0.6) is 0 Å². The van der Waals surface area contributed by atoms with Crippen LogP contribution in [0.25, 0.3) is 0 Å². The molecule has 3 aromatic rings. The van der Waals surface area contributed by atoms with Gasteiger partial charge >= 0.3 is 0 Å². The summed E-state index contributed by atoms with van der Waals surface area (Å²) in [6.45, 7) is 3.92. The largest absolute Gasteiger partial charge is 0.271 e. The summed E-state index contributed by atoms with van der Waals surface area (Å²) in [5, 5.41) is 8.00. The number of hydrazone groups is 2. The first-order valence-electron chi connectivity index (χ1n) is 9.41. The third kappa shape index (κ3) is 5.97. The predicted octanol–water partition coefficient (Wildman–Crippen LogP) is 3.83. The SMILES string of the molecule is Cc1ccc(C(=O)N/N=C/c2cccc(/C=N/NC(=O)c3ccc(C)cc3)c2)cc1. The molecule has 0 saturated carbocycles. The third-order valence-electron chi connectivity index (χ3n) is 4.30. The van der Waals surface area contributed by atoms with Crippen LogP contribution in [0.15, 0.2) is 83.0 Å². The van der Waals surface area contributed by atoms with E-state index >= 15 is 0 Å². The Hall–Kier alpha value is -4.06. The van der Waals surface area contributed by atoms with Gasteiger partial charge in [-0.25, -0.2) is 10.9 Å². The molecule has 6 heteroatoms. The number of hydrogen-bond donors (Lipinski definition) is 2. The first kappa shape index (κ1) is 20.7. The van der Waals surface area contributed by atoms with Gasteiger partial charge in [0.2, 0.25) is 0 Å². The number of amides is 2. The Morgan fingerprint density at radius 3 is 1.47 bits per heavy atom. The van der Waals surface area contributed by atoms with Crippen molar-refractivity contribution in [2.75, 3.05) is 0 Å². The van der Waals surface area contributed by atoms with Crippen LogP contribution in [0.4, 0.5) is 0 Å². The zero-order valence-electron chi connectivity index (χ0n) is 16.8. The van der Waals surface area contributed by atoms with Gasteiger partial charge in [0, 0.05) is 11.1 Å². The van der Waals surface area contributed by atoms with Gasteiger partial charge in [0.05, 0.1) is 12.4 Å². The van der Waals surface area contributed by atoms with Gasteiger partial charge < -0.3 is 0 Å². The van der Waals surface area contributed by atoms with Gasteiger partial charge in [-0.15, -0.1) is 0 Å². The lowest BCUT2D eigenvalue weighted by Crippen LogP contribution is -2.17. The van der Waals surface area contributed by atoms with Crippen molar-refractivity contribution < 1.29 is 9.59 Å². The molecule has 0 aliphatic carbocycles. The maximum absolute atomic E-state index is 12.1. The average Bonchev–Trinajstić information content (AvgIpc) is 2.75. The number of benzene rings is 3. The van der Waals surface area contributed by atoms with Gasteiger partial charge in [-0.1, -0.05) is 53.6 Å². The second-order valence-corrected chi connectivity index (χ2v) is 6.80. The molecule has 2 N–H and O–H groups in total. The average molecular weight is 398 g/mol. The molecule has 0 unspecified atom stereocenters. The third-order valence-corrected chi connectivity index (χ3v) is 4.30. The Labute approximate surface area is 175 Å². The van der Waals surface area contributed by atoms with Crippen LogP contribution in [0.2, 0.25) is 0 Å². The van der Waals surface area contributed by atoms with Crippen LogP contribution < -0.4 is 10.9 Å². The molecule has 3 aromatic carbocycles. The molecule has 0 aromatic heterocycles. The molecule has 0 atom stereocenters. The minimum atomic E-state index is -0.275. The maximum Gasteiger partial charge on any atom is 0.271 e. The van der Waals surface area contributed by atoms with E-state index in [-0.39, 0.29) is 11.8 Å². The molecule has 0 bridgehead atoms. The minimum absolute atomic E-state index is 0.275. The van der Waals surface area contributed by atoms with Gasteiger partial charge in [-0.2, -0.15) is 10.2 Å².